The zero-order valence-corrected chi connectivity index (χ0v) is 24.3. The Morgan fingerprint density at radius 1 is 0.872 bits per heavy atom. The molecule has 0 spiro atoms. The van der Waals surface area contributed by atoms with E-state index in [-0.39, 0.29) is 17.3 Å². The van der Waals surface area contributed by atoms with Crippen molar-refractivity contribution in [2.24, 2.45) is 0 Å². The predicted molar refractivity (Wildman–Crippen MR) is 156 cm³/mol. The van der Waals surface area contributed by atoms with Gasteiger partial charge in [0.25, 0.3) is 10.0 Å². The molecular formula is C29H33Cl2N3O4S. The van der Waals surface area contributed by atoms with Crippen molar-refractivity contribution in [3.63, 3.8) is 0 Å². The van der Waals surface area contributed by atoms with Crippen molar-refractivity contribution in [3.05, 3.63) is 94.5 Å². The van der Waals surface area contributed by atoms with Crippen molar-refractivity contribution < 1.29 is 18.0 Å². The molecule has 0 fully saturated rings. The Kier molecular flexibility index (Phi) is 11.2. The minimum atomic E-state index is -4.14. The number of sulfonamides is 1. The molecule has 7 nitrogen and oxygen atoms in total. The highest BCUT2D eigenvalue weighted by atomic mass is 35.5. The standard InChI is InChI=1S/C29H33Cl2N3O4S/c1-3-5-19-32-29(36)27(4-2)33(20-22-11-13-23(30)14-12-22)28(35)21-34(25-9-7-6-8-10-25)39(37,38)26-17-15-24(31)16-18-26/h6-18,27H,3-5,19-21H2,1-2H3,(H,32,36)/t27-/m1/s1. The number of rotatable bonds is 13. The van der Waals surface area contributed by atoms with Gasteiger partial charge >= 0.3 is 0 Å². The van der Waals surface area contributed by atoms with E-state index in [4.69, 9.17) is 23.2 Å². The molecule has 0 saturated carbocycles. The third-order valence-electron chi connectivity index (χ3n) is 6.21. The number of hydrogen-bond acceptors (Lipinski definition) is 4. The van der Waals surface area contributed by atoms with Crippen LogP contribution in [0.2, 0.25) is 10.0 Å². The highest BCUT2D eigenvalue weighted by Crippen LogP contribution is 2.25. The number of para-hydroxylation sites is 1. The first kappa shape index (κ1) is 30.5. The average molecular weight is 591 g/mol. The molecule has 0 aliphatic heterocycles. The van der Waals surface area contributed by atoms with Crippen molar-refractivity contribution >= 4 is 50.7 Å². The van der Waals surface area contributed by atoms with Gasteiger partial charge in [0.15, 0.2) is 0 Å². The second-order valence-corrected chi connectivity index (χ2v) is 11.8. The molecule has 39 heavy (non-hydrogen) atoms. The Morgan fingerprint density at radius 2 is 1.46 bits per heavy atom. The van der Waals surface area contributed by atoms with Gasteiger partial charge in [-0.1, -0.05) is 73.8 Å². The minimum absolute atomic E-state index is 0.00263. The molecule has 2 amide bonds. The third kappa shape index (κ3) is 8.21. The van der Waals surface area contributed by atoms with E-state index in [0.29, 0.717) is 28.7 Å². The summed E-state index contributed by atoms with van der Waals surface area (Å²) < 4.78 is 28.6. The number of carbonyl (C=O) groups is 2. The number of amides is 2. The Labute approximate surface area is 240 Å². The van der Waals surface area contributed by atoms with Crippen LogP contribution in [0, 0.1) is 0 Å². The molecular weight excluding hydrogens is 557 g/mol. The minimum Gasteiger partial charge on any atom is -0.354 e. The van der Waals surface area contributed by atoms with E-state index in [1.54, 1.807) is 54.6 Å². The quantitative estimate of drug-likeness (QED) is 0.251. The summed E-state index contributed by atoms with van der Waals surface area (Å²) in [5.41, 5.74) is 1.09. The lowest BCUT2D eigenvalue weighted by molar-refractivity contribution is -0.140. The van der Waals surface area contributed by atoms with Crippen LogP contribution in [0.4, 0.5) is 5.69 Å². The molecule has 0 unspecified atom stereocenters. The van der Waals surface area contributed by atoms with Crippen LogP contribution in [0.3, 0.4) is 0 Å². The molecule has 1 atom stereocenters. The van der Waals surface area contributed by atoms with Gasteiger partial charge in [-0.15, -0.1) is 0 Å². The highest BCUT2D eigenvalue weighted by Gasteiger charge is 2.33. The van der Waals surface area contributed by atoms with Crippen molar-refractivity contribution in [2.45, 2.75) is 50.6 Å². The van der Waals surface area contributed by atoms with Crippen LogP contribution in [0.1, 0.15) is 38.7 Å². The Hall–Kier alpha value is -3.07. The smallest absolute Gasteiger partial charge is 0.264 e. The maximum Gasteiger partial charge on any atom is 0.264 e. The lowest BCUT2D eigenvalue weighted by Gasteiger charge is -2.33. The average Bonchev–Trinajstić information content (AvgIpc) is 2.93. The van der Waals surface area contributed by atoms with Gasteiger partial charge in [-0.3, -0.25) is 13.9 Å². The first-order valence-electron chi connectivity index (χ1n) is 12.8. The fraction of sp³-hybridized carbons (Fsp3) is 0.310. The molecule has 3 aromatic carbocycles. The van der Waals surface area contributed by atoms with Gasteiger partial charge in [0.2, 0.25) is 11.8 Å². The van der Waals surface area contributed by atoms with Gasteiger partial charge in [-0.05, 0) is 66.9 Å². The zero-order valence-electron chi connectivity index (χ0n) is 22.0. The second-order valence-electron chi connectivity index (χ2n) is 9.02. The summed E-state index contributed by atoms with van der Waals surface area (Å²) in [4.78, 5) is 28.6. The van der Waals surface area contributed by atoms with Crippen molar-refractivity contribution in [2.75, 3.05) is 17.4 Å². The third-order valence-corrected chi connectivity index (χ3v) is 8.50. The summed E-state index contributed by atoms with van der Waals surface area (Å²) in [7, 11) is -4.14. The van der Waals surface area contributed by atoms with E-state index in [2.05, 4.69) is 5.32 Å². The number of carbonyl (C=O) groups excluding carboxylic acids is 2. The van der Waals surface area contributed by atoms with Crippen molar-refractivity contribution in [1.29, 1.82) is 0 Å². The summed E-state index contributed by atoms with van der Waals surface area (Å²) in [5, 5.41) is 3.85. The van der Waals surface area contributed by atoms with Gasteiger partial charge in [0.1, 0.15) is 12.6 Å². The Balaban J connectivity index is 2.00. The number of anilines is 1. The highest BCUT2D eigenvalue weighted by molar-refractivity contribution is 7.92. The molecule has 0 aliphatic rings. The summed E-state index contributed by atoms with van der Waals surface area (Å²) in [5.74, 6) is -0.788. The van der Waals surface area contributed by atoms with Crippen LogP contribution < -0.4 is 9.62 Å². The van der Waals surface area contributed by atoms with Gasteiger partial charge in [-0.2, -0.15) is 0 Å². The van der Waals surface area contributed by atoms with Gasteiger partial charge in [0, 0.05) is 23.1 Å². The predicted octanol–water partition coefficient (Wildman–Crippen LogP) is 5.91. The monoisotopic (exact) mass is 589 g/mol. The first-order chi connectivity index (χ1) is 18.7. The van der Waals surface area contributed by atoms with E-state index in [1.807, 2.05) is 13.8 Å². The molecule has 3 aromatic rings. The summed E-state index contributed by atoms with van der Waals surface area (Å²) >= 11 is 12.0. The molecule has 0 aromatic heterocycles. The first-order valence-corrected chi connectivity index (χ1v) is 15.0. The van der Waals surface area contributed by atoms with E-state index < -0.39 is 28.5 Å². The van der Waals surface area contributed by atoms with E-state index in [1.165, 1.54) is 29.2 Å². The summed E-state index contributed by atoms with van der Waals surface area (Å²) in [6.07, 6.45) is 2.08. The summed E-state index contributed by atoms with van der Waals surface area (Å²) in [6.45, 7) is 3.96. The number of unbranched alkanes of at least 4 members (excludes halogenated alkanes) is 1. The van der Waals surface area contributed by atoms with Crippen molar-refractivity contribution in [1.82, 2.24) is 10.2 Å². The molecule has 1 N–H and O–H groups in total. The van der Waals surface area contributed by atoms with Crippen LogP contribution in [0.25, 0.3) is 0 Å². The van der Waals surface area contributed by atoms with Crippen LogP contribution in [-0.4, -0.2) is 44.3 Å². The fourth-order valence-electron chi connectivity index (χ4n) is 4.07. The van der Waals surface area contributed by atoms with E-state index in [9.17, 15) is 18.0 Å². The van der Waals surface area contributed by atoms with E-state index >= 15 is 0 Å². The maximum absolute atomic E-state index is 14.0. The molecule has 208 valence electrons. The number of nitrogens with zero attached hydrogens (tertiary/aromatic N) is 2. The van der Waals surface area contributed by atoms with Gasteiger partial charge in [-0.25, -0.2) is 8.42 Å². The fourth-order valence-corrected chi connectivity index (χ4v) is 5.74. The van der Waals surface area contributed by atoms with Crippen molar-refractivity contribution in [3.8, 4) is 0 Å². The second kappa shape index (κ2) is 14.4. The molecule has 0 saturated heterocycles. The topological polar surface area (TPSA) is 86.8 Å². The Morgan fingerprint density at radius 3 is 2.03 bits per heavy atom. The SMILES string of the molecule is CCCCNC(=O)[C@@H](CC)N(Cc1ccc(Cl)cc1)C(=O)CN(c1ccccc1)S(=O)(=O)c1ccc(Cl)cc1. The van der Waals surface area contributed by atoms with Crippen LogP contribution in [-0.2, 0) is 26.2 Å². The van der Waals surface area contributed by atoms with Gasteiger partial charge in [0.05, 0.1) is 10.6 Å². The molecule has 0 heterocycles. The normalized spacial score (nSPS) is 12.0. The lowest BCUT2D eigenvalue weighted by Crippen LogP contribution is -2.52. The largest absolute Gasteiger partial charge is 0.354 e. The number of benzene rings is 3. The number of hydrogen-bond donors (Lipinski definition) is 1. The van der Waals surface area contributed by atoms with Crippen LogP contribution in [0.5, 0.6) is 0 Å². The molecule has 0 radical (unpaired) electrons. The Bertz CT molecular complexity index is 1340. The van der Waals surface area contributed by atoms with Crippen LogP contribution in [0.15, 0.2) is 83.8 Å². The van der Waals surface area contributed by atoms with Crippen LogP contribution >= 0.6 is 23.2 Å². The molecule has 3 rings (SSSR count). The molecule has 0 aliphatic carbocycles. The lowest BCUT2D eigenvalue weighted by atomic mass is 10.1. The molecule has 10 heteroatoms. The zero-order chi connectivity index (χ0) is 28.4. The number of halogens is 2. The molecule has 0 bridgehead atoms. The number of nitrogens with one attached hydrogen (secondary N) is 1. The van der Waals surface area contributed by atoms with E-state index in [0.717, 1.165) is 22.7 Å². The van der Waals surface area contributed by atoms with Gasteiger partial charge < -0.3 is 10.2 Å². The maximum atomic E-state index is 14.0. The summed E-state index contributed by atoms with van der Waals surface area (Å²) in [6, 6.07) is 20.4.